The van der Waals surface area contributed by atoms with Gasteiger partial charge in [-0.15, -0.1) is 11.3 Å². The van der Waals surface area contributed by atoms with Crippen LogP contribution in [-0.4, -0.2) is 39.2 Å². The van der Waals surface area contributed by atoms with Gasteiger partial charge in [-0.3, -0.25) is 4.79 Å². The highest BCUT2D eigenvalue weighted by Crippen LogP contribution is 2.26. The average molecular weight is 422 g/mol. The van der Waals surface area contributed by atoms with Crippen molar-refractivity contribution in [3.63, 3.8) is 0 Å². The second-order valence-corrected chi connectivity index (χ2v) is 7.06. The number of halogens is 2. The molecule has 0 aliphatic heterocycles. The third-order valence-corrected chi connectivity index (χ3v) is 4.73. The Hall–Kier alpha value is -2.92. The quantitative estimate of drug-likeness (QED) is 0.458. The number of nitrogens with zero attached hydrogens (tertiary/aromatic N) is 3. The highest BCUT2D eigenvalue weighted by Gasteiger charge is 2.16. The molecule has 0 saturated carbocycles. The monoisotopic (exact) mass is 422 g/mol. The maximum atomic E-state index is 12.3. The number of carbonyl (C=O) groups excluding carboxylic acids is 2. The van der Waals surface area contributed by atoms with Crippen molar-refractivity contribution in [2.24, 2.45) is 0 Å². The van der Waals surface area contributed by atoms with Crippen molar-refractivity contribution in [3.8, 4) is 10.8 Å². The van der Waals surface area contributed by atoms with E-state index in [2.05, 4.69) is 20.3 Å². The molecule has 2 heterocycles. The Morgan fingerprint density at radius 3 is 2.57 bits per heavy atom. The van der Waals surface area contributed by atoms with E-state index in [0.29, 0.717) is 33.2 Å². The molecular weight excluding hydrogens is 410 g/mol. The minimum atomic E-state index is -2.51. The molecule has 1 N–H and O–H groups in total. The molecule has 0 saturated heterocycles. The van der Waals surface area contributed by atoms with E-state index in [-0.39, 0.29) is 5.69 Å². The van der Waals surface area contributed by atoms with Gasteiger partial charge in [-0.25, -0.2) is 19.7 Å². The molecule has 0 bridgehead atoms. The Labute approximate surface area is 166 Å². The first kappa shape index (κ1) is 19.8. The summed E-state index contributed by atoms with van der Waals surface area (Å²) in [5, 5.41) is 4.46. The summed E-state index contributed by atoms with van der Waals surface area (Å²) in [5.41, 5.74) is 0.450. The standard InChI is InChI=1S/C17H12F2N4O3S2/c18-17(19)28-11-4-2-10(3-5-11)22-13(24)8-26-16(25)12-9-27-15(23-12)14-20-6-1-7-21-14/h1-7,9,17H,8H2,(H,22,24). The van der Waals surface area contributed by atoms with Gasteiger partial charge >= 0.3 is 5.97 Å². The molecule has 3 aromatic rings. The number of rotatable bonds is 7. The molecular formula is C17H12F2N4O3S2. The minimum absolute atomic E-state index is 0.0497. The van der Waals surface area contributed by atoms with E-state index in [1.807, 2.05) is 0 Å². The fraction of sp³-hybridized carbons (Fsp3) is 0.118. The van der Waals surface area contributed by atoms with Crippen LogP contribution in [0.15, 0.2) is 53.0 Å². The molecule has 0 spiro atoms. The first-order chi connectivity index (χ1) is 13.5. The average Bonchev–Trinajstić information content (AvgIpc) is 3.18. The van der Waals surface area contributed by atoms with Crippen LogP contribution in [0.1, 0.15) is 10.5 Å². The van der Waals surface area contributed by atoms with Crippen LogP contribution >= 0.6 is 23.1 Å². The Balaban J connectivity index is 1.50. The van der Waals surface area contributed by atoms with Crippen LogP contribution in [0.2, 0.25) is 0 Å². The van der Waals surface area contributed by atoms with Gasteiger partial charge < -0.3 is 10.1 Å². The number of anilines is 1. The summed E-state index contributed by atoms with van der Waals surface area (Å²) < 4.78 is 29.5. The SMILES string of the molecule is O=C(COC(=O)c1csc(-c2ncccn2)n1)Nc1ccc(SC(F)F)cc1. The predicted octanol–water partition coefficient (Wildman–Crippen LogP) is 3.71. The van der Waals surface area contributed by atoms with E-state index in [9.17, 15) is 18.4 Å². The number of aromatic nitrogens is 3. The summed E-state index contributed by atoms with van der Waals surface area (Å²) in [7, 11) is 0. The lowest BCUT2D eigenvalue weighted by molar-refractivity contribution is -0.119. The number of amides is 1. The van der Waals surface area contributed by atoms with Crippen LogP contribution < -0.4 is 5.32 Å². The number of carbonyl (C=O) groups is 2. The van der Waals surface area contributed by atoms with Crippen molar-refractivity contribution >= 4 is 40.7 Å². The molecule has 3 rings (SSSR count). The Morgan fingerprint density at radius 2 is 1.89 bits per heavy atom. The summed E-state index contributed by atoms with van der Waals surface area (Å²) in [6.07, 6.45) is 3.12. The fourth-order valence-corrected chi connectivity index (χ4v) is 3.23. The van der Waals surface area contributed by atoms with Crippen molar-refractivity contribution in [3.05, 3.63) is 53.8 Å². The third-order valence-electron chi connectivity index (χ3n) is 3.17. The van der Waals surface area contributed by atoms with Crippen LogP contribution in [0.5, 0.6) is 0 Å². The number of thioether (sulfide) groups is 1. The van der Waals surface area contributed by atoms with Gasteiger partial charge in [-0.1, -0.05) is 11.8 Å². The zero-order valence-electron chi connectivity index (χ0n) is 14.0. The second-order valence-electron chi connectivity index (χ2n) is 5.14. The van der Waals surface area contributed by atoms with E-state index in [0.717, 1.165) is 0 Å². The summed E-state index contributed by atoms with van der Waals surface area (Å²) in [6.45, 7) is -0.513. The summed E-state index contributed by atoms with van der Waals surface area (Å²) in [4.78, 5) is 36.5. The van der Waals surface area contributed by atoms with Crippen LogP contribution in [0, 0.1) is 0 Å². The number of alkyl halides is 2. The molecule has 0 aliphatic rings. The third kappa shape index (κ3) is 5.54. The lowest BCUT2D eigenvalue weighted by atomic mass is 10.3. The van der Waals surface area contributed by atoms with Gasteiger partial charge in [-0.2, -0.15) is 8.78 Å². The molecule has 144 valence electrons. The van der Waals surface area contributed by atoms with Crippen molar-refractivity contribution in [1.29, 1.82) is 0 Å². The van der Waals surface area contributed by atoms with Crippen LogP contribution in [-0.2, 0) is 9.53 Å². The zero-order valence-corrected chi connectivity index (χ0v) is 15.7. The highest BCUT2D eigenvalue weighted by atomic mass is 32.2. The first-order valence-electron chi connectivity index (χ1n) is 7.76. The zero-order chi connectivity index (χ0) is 19.9. The summed E-state index contributed by atoms with van der Waals surface area (Å²) in [5.74, 6) is -3.45. The normalized spacial score (nSPS) is 10.7. The largest absolute Gasteiger partial charge is 0.451 e. The summed E-state index contributed by atoms with van der Waals surface area (Å²) in [6, 6.07) is 7.55. The van der Waals surface area contributed by atoms with Crippen LogP contribution in [0.25, 0.3) is 10.8 Å². The van der Waals surface area contributed by atoms with Gasteiger partial charge in [0.1, 0.15) is 0 Å². The molecule has 1 aromatic carbocycles. The van der Waals surface area contributed by atoms with E-state index in [1.165, 1.54) is 41.0 Å². The van der Waals surface area contributed by atoms with Gasteiger partial charge in [0.25, 0.3) is 11.7 Å². The summed E-state index contributed by atoms with van der Waals surface area (Å²) >= 11 is 1.59. The van der Waals surface area contributed by atoms with Gasteiger partial charge in [0.2, 0.25) is 0 Å². The topological polar surface area (TPSA) is 94.1 Å². The lowest BCUT2D eigenvalue weighted by Gasteiger charge is -2.07. The highest BCUT2D eigenvalue weighted by molar-refractivity contribution is 7.99. The van der Waals surface area contributed by atoms with Crippen LogP contribution in [0.3, 0.4) is 0 Å². The molecule has 0 atom stereocenters. The molecule has 1 amide bonds. The molecule has 0 unspecified atom stereocenters. The molecule has 0 radical (unpaired) electrons. The number of thiazole rings is 1. The lowest BCUT2D eigenvalue weighted by Crippen LogP contribution is -2.21. The maximum absolute atomic E-state index is 12.3. The van der Waals surface area contributed by atoms with E-state index in [1.54, 1.807) is 18.5 Å². The second kappa shape index (κ2) is 9.33. The molecule has 2 aromatic heterocycles. The van der Waals surface area contributed by atoms with E-state index in [4.69, 9.17) is 4.74 Å². The molecule has 0 aliphatic carbocycles. The Kier molecular flexibility index (Phi) is 6.61. The molecule has 28 heavy (non-hydrogen) atoms. The Bertz CT molecular complexity index is 953. The van der Waals surface area contributed by atoms with Gasteiger partial charge in [-0.05, 0) is 30.3 Å². The van der Waals surface area contributed by atoms with E-state index >= 15 is 0 Å². The van der Waals surface area contributed by atoms with Gasteiger partial charge in [0.05, 0.1) is 0 Å². The number of nitrogens with one attached hydrogen (secondary N) is 1. The number of benzene rings is 1. The maximum Gasteiger partial charge on any atom is 0.358 e. The van der Waals surface area contributed by atoms with Crippen LogP contribution in [0.4, 0.5) is 14.5 Å². The molecule has 0 fully saturated rings. The number of ether oxygens (including phenoxy) is 1. The van der Waals surface area contributed by atoms with Crippen molar-refractivity contribution in [2.75, 3.05) is 11.9 Å². The Morgan fingerprint density at radius 1 is 1.18 bits per heavy atom. The number of esters is 1. The number of hydrogen-bond acceptors (Lipinski definition) is 8. The molecule has 11 heteroatoms. The van der Waals surface area contributed by atoms with Gasteiger partial charge in [0, 0.05) is 28.4 Å². The smallest absolute Gasteiger partial charge is 0.358 e. The first-order valence-corrected chi connectivity index (χ1v) is 9.52. The van der Waals surface area contributed by atoms with Crippen molar-refractivity contribution in [2.45, 2.75) is 10.7 Å². The van der Waals surface area contributed by atoms with Gasteiger partial charge in [0.15, 0.2) is 23.1 Å². The van der Waals surface area contributed by atoms with Crippen molar-refractivity contribution in [1.82, 2.24) is 15.0 Å². The van der Waals surface area contributed by atoms with Crippen molar-refractivity contribution < 1.29 is 23.1 Å². The number of hydrogen-bond donors (Lipinski definition) is 1. The minimum Gasteiger partial charge on any atom is -0.451 e. The van der Waals surface area contributed by atoms with E-state index < -0.39 is 24.2 Å². The predicted molar refractivity (Wildman–Crippen MR) is 100 cm³/mol. The molecule has 7 nitrogen and oxygen atoms in total. The fourth-order valence-electron chi connectivity index (χ4n) is 2.00.